The van der Waals surface area contributed by atoms with Crippen LogP contribution in [0.2, 0.25) is 0 Å². The lowest BCUT2D eigenvalue weighted by Gasteiger charge is -2.24. The van der Waals surface area contributed by atoms with E-state index in [1.54, 1.807) is 36.4 Å². The van der Waals surface area contributed by atoms with E-state index in [0.717, 1.165) is 0 Å². The van der Waals surface area contributed by atoms with Gasteiger partial charge in [-0.25, -0.2) is 8.42 Å². The molecule has 2 unspecified atom stereocenters. The number of allylic oxidation sites excluding steroid dienone is 2. The number of aliphatic carboxylic acids is 1. The standard InChI is InChI=1S/C22H24N2O6S/c1-2-30-17-11-7-16(8-12-17)24-31(28,29)18-13-9-15(10-14-18)23-21(25)19-5-3-4-6-20(19)22(26)27/h3-4,7-14,19-20,24H,2,5-6H2,1H3,(H,23,25)(H,26,27). The van der Waals surface area contributed by atoms with Crippen LogP contribution in [-0.2, 0) is 19.6 Å². The number of sulfonamides is 1. The Bertz CT molecular complexity index is 1060. The van der Waals surface area contributed by atoms with Crippen molar-refractivity contribution in [3.63, 3.8) is 0 Å². The molecule has 1 amide bonds. The highest BCUT2D eigenvalue weighted by atomic mass is 32.2. The molecule has 9 heteroatoms. The van der Waals surface area contributed by atoms with Crippen LogP contribution < -0.4 is 14.8 Å². The molecule has 0 heterocycles. The van der Waals surface area contributed by atoms with Crippen LogP contribution in [0.1, 0.15) is 19.8 Å². The molecule has 1 aliphatic rings. The Labute approximate surface area is 181 Å². The third-order valence-electron chi connectivity index (χ3n) is 4.94. The number of hydrogen-bond acceptors (Lipinski definition) is 5. The van der Waals surface area contributed by atoms with Crippen molar-refractivity contribution >= 4 is 33.3 Å². The number of nitrogens with one attached hydrogen (secondary N) is 2. The summed E-state index contributed by atoms with van der Waals surface area (Å²) in [7, 11) is -3.81. The van der Waals surface area contributed by atoms with Crippen LogP contribution in [0.25, 0.3) is 0 Å². The Balaban J connectivity index is 1.66. The van der Waals surface area contributed by atoms with E-state index in [4.69, 9.17) is 4.74 Å². The minimum Gasteiger partial charge on any atom is -0.494 e. The Kier molecular flexibility index (Phi) is 6.96. The summed E-state index contributed by atoms with van der Waals surface area (Å²) in [5, 5.41) is 12.0. The quantitative estimate of drug-likeness (QED) is 0.536. The molecule has 8 nitrogen and oxygen atoms in total. The first-order valence-corrected chi connectivity index (χ1v) is 11.3. The molecule has 2 atom stereocenters. The second-order valence-electron chi connectivity index (χ2n) is 7.07. The van der Waals surface area contributed by atoms with Gasteiger partial charge in [-0.3, -0.25) is 14.3 Å². The van der Waals surface area contributed by atoms with Crippen LogP contribution in [0, 0.1) is 11.8 Å². The predicted molar refractivity (Wildman–Crippen MR) is 116 cm³/mol. The predicted octanol–water partition coefficient (Wildman–Crippen LogP) is 3.49. The van der Waals surface area contributed by atoms with Gasteiger partial charge in [0.25, 0.3) is 10.0 Å². The first-order valence-electron chi connectivity index (χ1n) is 9.84. The Morgan fingerprint density at radius 3 is 2.13 bits per heavy atom. The molecule has 1 aliphatic carbocycles. The van der Waals surface area contributed by atoms with E-state index in [9.17, 15) is 23.1 Å². The third-order valence-corrected chi connectivity index (χ3v) is 6.33. The SMILES string of the molecule is CCOc1ccc(NS(=O)(=O)c2ccc(NC(=O)C3CC=CCC3C(=O)O)cc2)cc1. The Morgan fingerprint density at radius 2 is 1.55 bits per heavy atom. The van der Waals surface area contributed by atoms with Crippen LogP contribution in [-0.4, -0.2) is 32.0 Å². The molecule has 0 aliphatic heterocycles. The van der Waals surface area contributed by atoms with Crippen molar-refractivity contribution in [2.24, 2.45) is 11.8 Å². The second-order valence-corrected chi connectivity index (χ2v) is 8.75. The fourth-order valence-electron chi connectivity index (χ4n) is 3.33. The van der Waals surface area contributed by atoms with Crippen molar-refractivity contribution in [3.8, 4) is 5.75 Å². The first kappa shape index (κ1) is 22.4. The van der Waals surface area contributed by atoms with Crippen molar-refractivity contribution in [1.82, 2.24) is 0 Å². The molecule has 0 fully saturated rings. The summed E-state index contributed by atoms with van der Waals surface area (Å²) in [5.41, 5.74) is 0.787. The summed E-state index contributed by atoms with van der Waals surface area (Å²) < 4.78 is 33.0. The zero-order chi connectivity index (χ0) is 22.4. The smallest absolute Gasteiger partial charge is 0.307 e. The zero-order valence-electron chi connectivity index (χ0n) is 16.9. The number of benzene rings is 2. The largest absolute Gasteiger partial charge is 0.494 e. The molecule has 0 spiro atoms. The van der Waals surface area contributed by atoms with E-state index in [0.29, 0.717) is 36.6 Å². The summed E-state index contributed by atoms with van der Waals surface area (Å²) in [6.07, 6.45) is 4.22. The van der Waals surface area contributed by atoms with Gasteiger partial charge in [0, 0.05) is 11.4 Å². The van der Waals surface area contributed by atoms with Crippen LogP contribution in [0.5, 0.6) is 5.75 Å². The number of carbonyl (C=O) groups is 2. The fourth-order valence-corrected chi connectivity index (χ4v) is 4.39. The number of carboxylic acid groups (broad SMARTS) is 1. The maximum absolute atomic E-state index is 12.6. The van der Waals surface area contributed by atoms with E-state index < -0.39 is 33.7 Å². The van der Waals surface area contributed by atoms with Gasteiger partial charge in [0.15, 0.2) is 0 Å². The zero-order valence-corrected chi connectivity index (χ0v) is 17.8. The fraction of sp³-hybridized carbons (Fsp3) is 0.273. The molecule has 2 aromatic rings. The average Bonchev–Trinajstić information content (AvgIpc) is 2.75. The monoisotopic (exact) mass is 444 g/mol. The van der Waals surface area contributed by atoms with E-state index in [1.807, 2.05) is 6.92 Å². The van der Waals surface area contributed by atoms with Gasteiger partial charge in [-0.05, 0) is 68.3 Å². The van der Waals surface area contributed by atoms with Gasteiger partial charge in [0.2, 0.25) is 5.91 Å². The van der Waals surface area contributed by atoms with Crippen molar-refractivity contribution in [3.05, 3.63) is 60.7 Å². The summed E-state index contributed by atoms with van der Waals surface area (Å²) in [6, 6.07) is 12.3. The number of anilines is 2. The highest BCUT2D eigenvalue weighted by Crippen LogP contribution is 2.27. The highest BCUT2D eigenvalue weighted by molar-refractivity contribution is 7.92. The molecule has 0 aromatic heterocycles. The van der Waals surface area contributed by atoms with Gasteiger partial charge in [-0.2, -0.15) is 0 Å². The van der Waals surface area contributed by atoms with Crippen LogP contribution in [0.3, 0.4) is 0 Å². The lowest BCUT2D eigenvalue weighted by molar-refractivity contribution is -0.146. The second kappa shape index (κ2) is 9.65. The Hall–Kier alpha value is -3.33. The van der Waals surface area contributed by atoms with Gasteiger partial charge in [0.05, 0.1) is 23.3 Å². The average molecular weight is 445 g/mol. The van der Waals surface area contributed by atoms with Crippen molar-refractivity contribution in [2.45, 2.75) is 24.7 Å². The van der Waals surface area contributed by atoms with Gasteiger partial charge in [0.1, 0.15) is 5.75 Å². The molecule has 3 N–H and O–H groups in total. The molecule has 3 rings (SSSR count). The minimum atomic E-state index is -3.81. The van der Waals surface area contributed by atoms with Gasteiger partial charge in [-0.15, -0.1) is 0 Å². The lowest BCUT2D eigenvalue weighted by atomic mass is 9.82. The number of hydrogen-bond donors (Lipinski definition) is 3. The van der Waals surface area contributed by atoms with E-state index in [1.165, 1.54) is 24.3 Å². The maximum atomic E-state index is 12.6. The van der Waals surface area contributed by atoms with Gasteiger partial charge < -0.3 is 15.2 Å². The molecule has 31 heavy (non-hydrogen) atoms. The van der Waals surface area contributed by atoms with E-state index >= 15 is 0 Å². The van der Waals surface area contributed by atoms with Crippen LogP contribution in [0.4, 0.5) is 11.4 Å². The summed E-state index contributed by atoms with van der Waals surface area (Å²) in [5.74, 6) is -2.22. The van der Waals surface area contributed by atoms with Gasteiger partial charge in [-0.1, -0.05) is 12.2 Å². The molecule has 164 valence electrons. The summed E-state index contributed by atoms with van der Waals surface area (Å²) in [4.78, 5) is 23.9. The third kappa shape index (κ3) is 5.64. The Morgan fingerprint density at radius 1 is 0.968 bits per heavy atom. The first-order chi connectivity index (χ1) is 14.8. The normalized spacial score (nSPS) is 18.2. The lowest BCUT2D eigenvalue weighted by Crippen LogP contribution is -2.34. The van der Waals surface area contributed by atoms with Crippen molar-refractivity contribution < 1.29 is 27.9 Å². The van der Waals surface area contributed by atoms with Crippen molar-refractivity contribution in [2.75, 3.05) is 16.6 Å². The molecular weight excluding hydrogens is 420 g/mol. The van der Waals surface area contributed by atoms with E-state index in [2.05, 4.69) is 10.0 Å². The molecule has 0 saturated heterocycles. The number of amides is 1. The molecule has 2 aromatic carbocycles. The minimum absolute atomic E-state index is 0.0309. The van der Waals surface area contributed by atoms with Crippen LogP contribution in [0.15, 0.2) is 65.6 Å². The summed E-state index contributed by atoms with van der Waals surface area (Å²) >= 11 is 0. The number of carboxylic acids is 1. The highest BCUT2D eigenvalue weighted by Gasteiger charge is 2.34. The van der Waals surface area contributed by atoms with Crippen molar-refractivity contribution in [1.29, 1.82) is 0 Å². The molecular formula is C22H24N2O6S. The van der Waals surface area contributed by atoms with Gasteiger partial charge >= 0.3 is 5.97 Å². The van der Waals surface area contributed by atoms with Crippen LogP contribution >= 0.6 is 0 Å². The summed E-state index contributed by atoms with van der Waals surface area (Å²) in [6.45, 7) is 2.38. The number of ether oxygens (including phenoxy) is 1. The van der Waals surface area contributed by atoms with E-state index in [-0.39, 0.29) is 4.90 Å². The molecule has 0 bridgehead atoms. The number of rotatable bonds is 8. The maximum Gasteiger partial charge on any atom is 0.307 e. The molecule has 0 saturated carbocycles. The number of carbonyl (C=O) groups excluding carboxylic acids is 1. The molecule has 0 radical (unpaired) electrons. The topological polar surface area (TPSA) is 122 Å².